The van der Waals surface area contributed by atoms with Gasteiger partial charge in [-0.3, -0.25) is 4.90 Å². The van der Waals surface area contributed by atoms with Gasteiger partial charge in [-0.05, 0) is 38.8 Å². The van der Waals surface area contributed by atoms with Crippen molar-refractivity contribution in [2.45, 2.75) is 94.1 Å². The molecule has 2 aliphatic rings. The van der Waals surface area contributed by atoms with Gasteiger partial charge in [-0.2, -0.15) is 0 Å². The molecule has 0 N–H and O–H groups in total. The summed E-state index contributed by atoms with van der Waals surface area (Å²) in [6, 6.07) is 0. The van der Waals surface area contributed by atoms with Crippen molar-refractivity contribution in [3.63, 3.8) is 0 Å². The van der Waals surface area contributed by atoms with Crippen molar-refractivity contribution >= 4 is 9.84 Å². The summed E-state index contributed by atoms with van der Waals surface area (Å²) in [4.78, 5) is 6.91. The highest BCUT2D eigenvalue weighted by molar-refractivity contribution is 7.91. The number of sulfone groups is 1. The van der Waals surface area contributed by atoms with Gasteiger partial charge in [0.1, 0.15) is 0 Å². The second-order valence-corrected chi connectivity index (χ2v) is 10.5. The van der Waals surface area contributed by atoms with Gasteiger partial charge in [0.2, 0.25) is 15.0 Å². The van der Waals surface area contributed by atoms with E-state index in [2.05, 4.69) is 9.88 Å². The van der Waals surface area contributed by atoms with Gasteiger partial charge in [-0.25, -0.2) is 13.4 Å². The number of aromatic nitrogens is 2. The van der Waals surface area contributed by atoms with E-state index in [4.69, 9.17) is 4.74 Å². The lowest BCUT2D eigenvalue weighted by molar-refractivity contribution is 0.180. The van der Waals surface area contributed by atoms with Crippen LogP contribution in [0, 0.1) is 0 Å². The highest BCUT2D eigenvalue weighted by Gasteiger charge is 2.33. The quantitative estimate of drug-likeness (QED) is 0.639. The number of nitrogens with zero attached hydrogens (tertiary/aromatic N) is 3. The predicted octanol–water partition coefficient (Wildman–Crippen LogP) is 3.79. The van der Waals surface area contributed by atoms with Crippen molar-refractivity contribution in [1.29, 1.82) is 0 Å². The smallest absolute Gasteiger partial charge is 0.228 e. The first-order valence-electron chi connectivity index (χ1n) is 11.1. The summed E-state index contributed by atoms with van der Waals surface area (Å²) < 4.78 is 34.0. The van der Waals surface area contributed by atoms with Crippen LogP contribution in [0.1, 0.15) is 76.3 Å². The van der Waals surface area contributed by atoms with Gasteiger partial charge in [0, 0.05) is 20.2 Å². The van der Waals surface area contributed by atoms with Crippen LogP contribution in [0.3, 0.4) is 0 Å². The molecule has 1 aliphatic carbocycles. The number of ether oxygens (including phenoxy) is 1. The summed E-state index contributed by atoms with van der Waals surface area (Å²) in [6.45, 7) is 3.98. The Hall–Kier alpha value is -0.920. The van der Waals surface area contributed by atoms with Gasteiger partial charge in [-0.15, -0.1) is 0 Å². The van der Waals surface area contributed by atoms with Crippen molar-refractivity contribution in [2.24, 2.45) is 0 Å². The summed E-state index contributed by atoms with van der Waals surface area (Å²) in [5.41, 5.74) is 1.00. The van der Waals surface area contributed by atoms with Crippen LogP contribution < -0.4 is 0 Å². The fourth-order valence-electron chi connectivity index (χ4n) is 4.57. The van der Waals surface area contributed by atoms with E-state index in [9.17, 15) is 8.42 Å². The highest BCUT2D eigenvalue weighted by atomic mass is 32.2. The third-order valence-electron chi connectivity index (χ3n) is 6.25. The van der Waals surface area contributed by atoms with Gasteiger partial charge in [0.05, 0.1) is 23.7 Å². The van der Waals surface area contributed by atoms with Gasteiger partial charge in [0.25, 0.3) is 0 Å². The molecule has 7 heteroatoms. The van der Waals surface area contributed by atoms with Gasteiger partial charge >= 0.3 is 0 Å². The Morgan fingerprint density at radius 3 is 2.25 bits per heavy atom. The summed E-state index contributed by atoms with van der Waals surface area (Å²) in [5, 5.41) is -0.0215. The lowest BCUT2D eigenvalue weighted by atomic mass is 10.1. The Morgan fingerprint density at radius 1 is 1.00 bits per heavy atom. The SMILES string of the molecule is COCCn1c(CN2CCCCCCC2)cnc1S(=O)(=O)C1CCCCCC1. The second kappa shape index (κ2) is 10.7. The molecule has 2 fully saturated rings. The Kier molecular flexibility index (Phi) is 8.36. The maximum atomic E-state index is 13.4. The molecule has 3 rings (SSSR count). The van der Waals surface area contributed by atoms with Crippen molar-refractivity contribution in [1.82, 2.24) is 14.5 Å². The average Bonchev–Trinajstić information content (AvgIpc) is 2.87. The molecule has 1 aromatic rings. The van der Waals surface area contributed by atoms with Gasteiger partial charge in [-0.1, -0.05) is 44.9 Å². The molecule has 0 aromatic carbocycles. The zero-order chi connectivity index (χ0) is 19.8. The van der Waals surface area contributed by atoms with Crippen molar-refractivity contribution in [3.8, 4) is 0 Å². The molecular weight excluding hydrogens is 374 g/mol. The summed E-state index contributed by atoms with van der Waals surface area (Å²) in [6.07, 6.45) is 14.0. The number of methoxy groups -OCH3 is 1. The van der Waals surface area contributed by atoms with Crippen molar-refractivity contribution in [3.05, 3.63) is 11.9 Å². The Morgan fingerprint density at radius 2 is 1.61 bits per heavy atom. The van der Waals surface area contributed by atoms with Crippen LogP contribution in [-0.2, 0) is 27.7 Å². The summed E-state index contributed by atoms with van der Waals surface area (Å²) >= 11 is 0. The summed E-state index contributed by atoms with van der Waals surface area (Å²) in [5.74, 6) is 0. The molecule has 1 saturated heterocycles. The second-order valence-electron chi connectivity index (χ2n) is 8.38. The van der Waals surface area contributed by atoms with Crippen LogP contribution in [0.25, 0.3) is 0 Å². The molecule has 0 radical (unpaired) electrons. The molecule has 2 heterocycles. The van der Waals surface area contributed by atoms with Crippen LogP contribution in [0.2, 0.25) is 0 Å². The maximum Gasteiger partial charge on any atom is 0.228 e. The lowest BCUT2D eigenvalue weighted by Crippen LogP contribution is -2.29. The van der Waals surface area contributed by atoms with E-state index >= 15 is 0 Å². The standard InChI is InChI=1S/C21H37N3O3S/c1-27-16-15-24-19(18-23-13-9-5-2-6-10-14-23)17-22-21(24)28(25,26)20-11-7-3-4-8-12-20/h17,20H,2-16,18H2,1H3. The van der Waals surface area contributed by atoms with Crippen LogP contribution in [-0.4, -0.2) is 54.9 Å². The first-order valence-corrected chi connectivity index (χ1v) is 12.7. The number of rotatable bonds is 7. The molecule has 1 aromatic heterocycles. The van der Waals surface area contributed by atoms with E-state index in [1.807, 2.05) is 4.57 Å². The molecule has 0 atom stereocenters. The molecule has 0 bridgehead atoms. The molecule has 0 unspecified atom stereocenters. The molecule has 160 valence electrons. The topological polar surface area (TPSA) is 64.4 Å². The van der Waals surface area contributed by atoms with Crippen LogP contribution in [0.15, 0.2) is 11.4 Å². The minimum Gasteiger partial charge on any atom is -0.383 e. The third-order valence-corrected chi connectivity index (χ3v) is 8.43. The number of hydrogen-bond donors (Lipinski definition) is 0. The average molecular weight is 412 g/mol. The molecule has 0 spiro atoms. The first-order chi connectivity index (χ1) is 13.6. The van der Waals surface area contributed by atoms with E-state index in [1.54, 1.807) is 13.3 Å². The number of hydrogen-bond acceptors (Lipinski definition) is 5. The molecular formula is C21H37N3O3S. The van der Waals surface area contributed by atoms with E-state index in [1.165, 1.54) is 32.1 Å². The zero-order valence-electron chi connectivity index (χ0n) is 17.4. The Bertz CT molecular complexity index is 686. The largest absolute Gasteiger partial charge is 0.383 e. The Balaban J connectivity index is 1.82. The minimum atomic E-state index is -3.40. The lowest BCUT2D eigenvalue weighted by Gasteiger charge is -2.25. The third kappa shape index (κ3) is 5.57. The normalized spacial score (nSPS) is 21.2. The Labute approximate surface area is 170 Å². The van der Waals surface area contributed by atoms with Gasteiger partial charge in [0.15, 0.2) is 0 Å². The molecule has 1 aliphatic heterocycles. The van der Waals surface area contributed by atoms with E-state index in [0.29, 0.717) is 13.2 Å². The zero-order valence-corrected chi connectivity index (χ0v) is 18.3. The molecule has 28 heavy (non-hydrogen) atoms. The predicted molar refractivity (Wildman–Crippen MR) is 111 cm³/mol. The first kappa shape index (κ1) is 21.8. The number of likely N-dealkylation sites (tertiary alicyclic amines) is 1. The van der Waals surface area contributed by atoms with E-state index in [-0.39, 0.29) is 10.4 Å². The minimum absolute atomic E-state index is 0.262. The van der Waals surface area contributed by atoms with E-state index in [0.717, 1.165) is 63.9 Å². The van der Waals surface area contributed by atoms with Crippen LogP contribution in [0.4, 0.5) is 0 Å². The van der Waals surface area contributed by atoms with Gasteiger partial charge < -0.3 is 9.30 Å². The maximum absolute atomic E-state index is 13.4. The van der Waals surface area contributed by atoms with Crippen molar-refractivity contribution < 1.29 is 13.2 Å². The fourth-order valence-corrected chi connectivity index (χ4v) is 6.54. The molecule has 6 nitrogen and oxygen atoms in total. The van der Waals surface area contributed by atoms with Crippen LogP contribution >= 0.6 is 0 Å². The molecule has 0 amide bonds. The number of imidazole rings is 1. The van der Waals surface area contributed by atoms with E-state index < -0.39 is 9.84 Å². The van der Waals surface area contributed by atoms with Crippen LogP contribution in [0.5, 0.6) is 0 Å². The van der Waals surface area contributed by atoms with Crippen molar-refractivity contribution in [2.75, 3.05) is 26.8 Å². The highest BCUT2D eigenvalue weighted by Crippen LogP contribution is 2.28. The fraction of sp³-hybridized carbons (Fsp3) is 0.857. The molecule has 1 saturated carbocycles. The summed E-state index contributed by atoms with van der Waals surface area (Å²) in [7, 11) is -1.74. The monoisotopic (exact) mass is 411 g/mol.